The highest BCUT2D eigenvalue weighted by molar-refractivity contribution is 7.14. The topological polar surface area (TPSA) is 46.1 Å². The maximum absolute atomic E-state index is 12.9. The molecule has 1 atom stereocenters. The summed E-state index contributed by atoms with van der Waals surface area (Å²) < 4.78 is 0. The first kappa shape index (κ1) is 15.8. The first-order chi connectivity index (χ1) is 11.7. The number of fused-ring (bicyclic) bond motifs is 1. The standard InChI is InChI=1S/C19H23N3OS/c1-13-2-3-17-15(10-13)11-18(24-17)19(23)22-8-5-14(6-9-22)16-4-7-20-12-21-16/h4,7,11-14H,2-3,5-6,8-10H2,1H3. The summed E-state index contributed by atoms with van der Waals surface area (Å²) in [6, 6.07) is 4.16. The summed E-state index contributed by atoms with van der Waals surface area (Å²) in [6.45, 7) is 3.96. The molecule has 24 heavy (non-hydrogen) atoms. The molecule has 0 radical (unpaired) electrons. The summed E-state index contributed by atoms with van der Waals surface area (Å²) in [6.07, 6.45) is 8.93. The van der Waals surface area contributed by atoms with Crippen LogP contribution < -0.4 is 0 Å². The number of carbonyl (C=O) groups excluding carboxylic acids is 1. The van der Waals surface area contributed by atoms with E-state index in [2.05, 4.69) is 23.0 Å². The minimum absolute atomic E-state index is 0.225. The van der Waals surface area contributed by atoms with Gasteiger partial charge >= 0.3 is 0 Å². The van der Waals surface area contributed by atoms with Crippen LogP contribution in [0.1, 0.15) is 57.9 Å². The Kier molecular flexibility index (Phi) is 4.35. The molecular formula is C19H23N3OS. The predicted octanol–water partition coefficient (Wildman–Crippen LogP) is 3.68. The lowest BCUT2D eigenvalue weighted by molar-refractivity contribution is 0.0717. The number of hydrogen-bond acceptors (Lipinski definition) is 4. The van der Waals surface area contributed by atoms with Crippen LogP contribution >= 0.6 is 11.3 Å². The SMILES string of the molecule is CC1CCc2sc(C(=O)N3CCC(c4ccncn4)CC3)cc2C1. The van der Waals surface area contributed by atoms with Crippen molar-refractivity contribution in [2.45, 2.75) is 44.9 Å². The lowest BCUT2D eigenvalue weighted by Crippen LogP contribution is -2.37. The molecule has 1 aliphatic heterocycles. The molecule has 1 aliphatic carbocycles. The van der Waals surface area contributed by atoms with Gasteiger partial charge in [0.15, 0.2) is 0 Å². The Morgan fingerprint density at radius 1 is 1.29 bits per heavy atom. The highest BCUT2D eigenvalue weighted by Gasteiger charge is 2.27. The molecule has 1 saturated heterocycles. The minimum Gasteiger partial charge on any atom is -0.338 e. The van der Waals surface area contributed by atoms with Crippen molar-refractivity contribution in [1.29, 1.82) is 0 Å². The van der Waals surface area contributed by atoms with Crippen molar-refractivity contribution in [1.82, 2.24) is 14.9 Å². The molecule has 5 heteroatoms. The van der Waals surface area contributed by atoms with Gasteiger partial charge in [0.05, 0.1) is 4.88 Å². The van der Waals surface area contributed by atoms with E-state index in [1.807, 2.05) is 11.0 Å². The van der Waals surface area contributed by atoms with Gasteiger partial charge in [-0.1, -0.05) is 6.92 Å². The Hall–Kier alpha value is -1.75. The highest BCUT2D eigenvalue weighted by Crippen LogP contribution is 2.34. The van der Waals surface area contributed by atoms with Crippen LogP contribution in [0.15, 0.2) is 24.7 Å². The zero-order chi connectivity index (χ0) is 16.5. The van der Waals surface area contributed by atoms with E-state index in [0.717, 1.165) is 55.3 Å². The van der Waals surface area contributed by atoms with Crippen LogP contribution in [0.5, 0.6) is 0 Å². The Morgan fingerprint density at radius 2 is 2.12 bits per heavy atom. The van der Waals surface area contributed by atoms with Crippen LogP contribution in [0.4, 0.5) is 0 Å². The Labute approximate surface area is 146 Å². The molecule has 1 amide bonds. The maximum Gasteiger partial charge on any atom is 0.263 e. The van der Waals surface area contributed by atoms with E-state index in [1.165, 1.54) is 16.9 Å². The van der Waals surface area contributed by atoms with E-state index < -0.39 is 0 Å². The van der Waals surface area contributed by atoms with Crippen molar-refractivity contribution in [3.63, 3.8) is 0 Å². The summed E-state index contributed by atoms with van der Waals surface area (Å²) in [4.78, 5) is 25.6. The van der Waals surface area contributed by atoms with Crippen LogP contribution in [0.3, 0.4) is 0 Å². The minimum atomic E-state index is 0.225. The first-order valence-corrected chi connectivity index (χ1v) is 9.69. The number of aromatic nitrogens is 2. The maximum atomic E-state index is 12.9. The Morgan fingerprint density at radius 3 is 2.88 bits per heavy atom. The zero-order valence-electron chi connectivity index (χ0n) is 14.1. The summed E-state index contributed by atoms with van der Waals surface area (Å²) in [5, 5.41) is 0. The number of thiophene rings is 1. The lowest BCUT2D eigenvalue weighted by Gasteiger charge is -2.31. The normalized spacial score (nSPS) is 21.5. The van der Waals surface area contributed by atoms with E-state index in [4.69, 9.17) is 0 Å². The number of rotatable bonds is 2. The van der Waals surface area contributed by atoms with Gasteiger partial charge < -0.3 is 4.90 Å². The van der Waals surface area contributed by atoms with Crippen molar-refractivity contribution in [3.05, 3.63) is 45.7 Å². The fraction of sp³-hybridized carbons (Fsp3) is 0.526. The first-order valence-electron chi connectivity index (χ1n) is 8.87. The predicted molar refractivity (Wildman–Crippen MR) is 95.4 cm³/mol. The monoisotopic (exact) mass is 341 g/mol. The molecule has 0 saturated carbocycles. The molecule has 2 aromatic rings. The third-order valence-corrected chi connectivity index (χ3v) is 6.57. The summed E-state index contributed by atoms with van der Waals surface area (Å²) in [5.74, 6) is 1.43. The second-order valence-corrected chi connectivity index (χ2v) is 8.24. The Balaban J connectivity index is 1.42. The van der Waals surface area contributed by atoms with Crippen LogP contribution in [0, 0.1) is 5.92 Å². The number of carbonyl (C=O) groups is 1. The molecule has 4 nitrogen and oxygen atoms in total. The zero-order valence-corrected chi connectivity index (χ0v) is 14.9. The molecule has 3 heterocycles. The number of likely N-dealkylation sites (tertiary alicyclic amines) is 1. The molecule has 0 N–H and O–H groups in total. The summed E-state index contributed by atoms with van der Waals surface area (Å²) in [7, 11) is 0. The van der Waals surface area contributed by atoms with Gasteiger partial charge in [-0.05, 0) is 55.7 Å². The van der Waals surface area contributed by atoms with E-state index >= 15 is 0 Å². The number of nitrogens with zero attached hydrogens (tertiary/aromatic N) is 3. The molecule has 1 fully saturated rings. The van der Waals surface area contributed by atoms with Gasteiger partial charge in [0.25, 0.3) is 5.91 Å². The van der Waals surface area contributed by atoms with Crippen molar-refractivity contribution in [2.75, 3.05) is 13.1 Å². The van der Waals surface area contributed by atoms with Gasteiger partial charge in [-0.3, -0.25) is 4.79 Å². The van der Waals surface area contributed by atoms with Crippen molar-refractivity contribution in [2.24, 2.45) is 5.92 Å². The average molecular weight is 341 g/mol. The number of piperidine rings is 1. The number of aryl methyl sites for hydroxylation is 1. The molecule has 0 spiro atoms. The third kappa shape index (κ3) is 3.09. The second-order valence-electron chi connectivity index (χ2n) is 7.11. The molecule has 0 aromatic carbocycles. The van der Waals surface area contributed by atoms with Gasteiger partial charge in [0, 0.05) is 35.8 Å². The quantitative estimate of drug-likeness (QED) is 0.837. The largest absolute Gasteiger partial charge is 0.338 e. The summed E-state index contributed by atoms with van der Waals surface area (Å²) >= 11 is 1.72. The molecule has 2 aromatic heterocycles. The van der Waals surface area contributed by atoms with Gasteiger partial charge in [0.1, 0.15) is 6.33 Å². The van der Waals surface area contributed by atoms with Gasteiger partial charge in [0.2, 0.25) is 0 Å². The fourth-order valence-corrected chi connectivity index (χ4v) is 5.06. The van der Waals surface area contributed by atoms with E-state index in [0.29, 0.717) is 5.92 Å². The Bertz CT molecular complexity index is 719. The van der Waals surface area contributed by atoms with Crippen molar-refractivity contribution in [3.8, 4) is 0 Å². The third-order valence-electron chi connectivity index (χ3n) is 5.35. The molecule has 126 valence electrons. The molecule has 0 bridgehead atoms. The van der Waals surface area contributed by atoms with Crippen molar-refractivity contribution < 1.29 is 4.79 Å². The van der Waals surface area contributed by atoms with Crippen molar-refractivity contribution >= 4 is 17.2 Å². The van der Waals surface area contributed by atoms with Crippen LogP contribution in [-0.4, -0.2) is 33.9 Å². The van der Waals surface area contributed by atoms with E-state index in [-0.39, 0.29) is 5.91 Å². The second kappa shape index (κ2) is 6.63. The van der Waals surface area contributed by atoms with Gasteiger partial charge in [-0.2, -0.15) is 0 Å². The summed E-state index contributed by atoms with van der Waals surface area (Å²) in [5.41, 5.74) is 2.52. The average Bonchev–Trinajstić information content (AvgIpc) is 3.05. The fourth-order valence-electron chi connectivity index (χ4n) is 3.89. The van der Waals surface area contributed by atoms with Crippen LogP contribution in [0.2, 0.25) is 0 Å². The smallest absolute Gasteiger partial charge is 0.263 e. The van der Waals surface area contributed by atoms with Crippen LogP contribution in [0.25, 0.3) is 0 Å². The number of amides is 1. The molecule has 2 aliphatic rings. The molecule has 4 rings (SSSR count). The van der Waals surface area contributed by atoms with Crippen LogP contribution in [-0.2, 0) is 12.8 Å². The van der Waals surface area contributed by atoms with E-state index in [1.54, 1.807) is 23.9 Å². The lowest BCUT2D eigenvalue weighted by atomic mass is 9.90. The van der Waals surface area contributed by atoms with Gasteiger partial charge in [-0.25, -0.2) is 9.97 Å². The van der Waals surface area contributed by atoms with Gasteiger partial charge in [-0.15, -0.1) is 11.3 Å². The molecular weight excluding hydrogens is 318 g/mol. The molecule has 1 unspecified atom stereocenters. The number of hydrogen-bond donors (Lipinski definition) is 0. The highest BCUT2D eigenvalue weighted by atomic mass is 32.1. The van der Waals surface area contributed by atoms with E-state index in [9.17, 15) is 4.79 Å².